The lowest BCUT2D eigenvalue weighted by Crippen LogP contribution is -2.33. The first-order chi connectivity index (χ1) is 16.1. The average Bonchev–Trinajstić information content (AvgIpc) is 2.71. The summed E-state index contributed by atoms with van der Waals surface area (Å²) in [6.45, 7) is 5.35. The minimum absolute atomic E-state index is 0.0289. The Balaban J connectivity index is 0.000000391. The second kappa shape index (κ2) is 12.5. The van der Waals surface area contributed by atoms with Gasteiger partial charge in [0, 0.05) is 36.5 Å². The van der Waals surface area contributed by atoms with E-state index in [2.05, 4.69) is 28.2 Å². The van der Waals surface area contributed by atoms with Crippen LogP contribution in [0.25, 0.3) is 10.9 Å². The summed E-state index contributed by atoms with van der Waals surface area (Å²) < 4.78 is 62.5. The van der Waals surface area contributed by atoms with Crippen LogP contribution in [0.1, 0.15) is 18.3 Å². The SMILES string of the molecule is CCOS(=O)(=O)O.COS(=O)(=O)O.Cc1cc(Nc2ccc3c(c2)c(N)cc(C)[n+]3C)nc(N)n1. The van der Waals surface area contributed by atoms with E-state index < -0.39 is 20.8 Å². The number of nitrogens with two attached hydrogens (primary N) is 2. The number of nitrogens with one attached hydrogen (secondary N) is 1. The fourth-order valence-electron chi connectivity index (χ4n) is 2.68. The van der Waals surface area contributed by atoms with Crippen molar-refractivity contribution in [2.75, 3.05) is 30.5 Å². The molecule has 35 heavy (non-hydrogen) atoms. The molecule has 0 spiro atoms. The highest BCUT2D eigenvalue weighted by Gasteiger charge is 2.12. The van der Waals surface area contributed by atoms with Crippen molar-refractivity contribution in [2.24, 2.45) is 7.05 Å². The van der Waals surface area contributed by atoms with E-state index in [0.717, 1.165) is 40.8 Å². The first-order valence-electron chi connectivity index (χ1n) is 9.78. The second-order valence-electron chi connectivity index (χ2n) is 6.84. The molecule has 0 unspecified atom stereocenters. The van der Waals surface area contributed by atoms with Crippen molar-refractivity contribution in [1.82, 2.24) is 9.97 Å². The summed E-state index contributed by atoms with van der Waals surface area (Å²) in [7, 11) is -5.44. The maximum atomic E-state index is 9.56. The van der Waals surface area contributed by atoms with E-state index in [1.807, 2.05) is 51.2 Å². The molecule has 0 fully saturated rings. The Bertz CT molecular complexity index is 1360. The van der Waals surface area contributed by atoms with Crippen LogP contribution in [0.2, 0.25) is 0 Å². The van der Waals surface area contributed by atoms with Gasteiger partial charge in [0.05, 0.1) is 24.8 Å². The Kier molecular flexibility index (Phi) is 10.7. The van der Waals surface area contributed by atoms with Gasteiger partial charge in [0.2, 0.25) is 11.5 Å². The monoisotopic (exact) mass is 533 g/mol. The van der Waals surface area contributed by atoms with Gasteiger partial charge >= 0.3 is 20.8 Å². The highest BCUT2D eigenvalue weighted by Crippen LogP contribution is 2.25. The molecule has 194 valence electrons. The van der Waals surface area contributed by atoms with E-state index in [0.29, 0.717) is 5.82 Å². The van der Waals surface area contributed by atoms with Crippen LogP contribution in [0.15, 0.2) is 30.3 Å². The summed E-state index contributed by atoms with van der Waals surface area (Å²) in [6.07, 6.45) is 0. The third kappa shape index (κ3) is 10.8. The zero-order valence-corrected chi connectivity index (χ0v) is 21.4. The van der Waals surface area contributed by atoms with Gasteiger partial charge in [-0.3, -0.25) is 13.3 Å². The first kappa shape index (κ1) is 29.9. The summed E-state index contributed by atoms with van der Waals surface area (Å²) >= 11 is 0. The number of benzene rings is 1. The molecular formula is C19H29N6O8S2+. The molecule has 0 amide bonds. The van der Waals surface area contributed by atoms with Crippen LogP contribution in [-0.4, -0.2) is 49.6 Å². The summed E-state index contributed by atoms with van der Waals surface area (Å²) in [5.74, 6) is 0.921. The van der Waals surface area contributed by atoms with Crippen molar-refractivity contribution in [1.29, 1.82) is 0 Å². The highest BCUT2D eigenvalue weighted by molar-refractivity contribution is 7.81. The number of pyridine rings is 1. The molecule has 0 saturated carbocycles. The maximum absolute atomic E-state index is 9.56. The standard InChI is InChI=1S/C16H18N6.C2H6O4S.CH4O4S/c1-9-6-15(21-16(18)19-9)20-11-4-5-14-12(8-11)13(17)7-10(2)22(14)3;1-2-6-7(3,4)5;1-5-6(2,3)4/h4-8,17H,1-3H3,(H3,18,19,20,21);2H2,1H3,(H,3,4,5);1H3,(H,2,3,4)/p+1. The smallest absolute Gasteiger partial charge is 0.397 e. The molecule has 0 bridgehead atoms. The van der Waals surface area contributed by atoms with Crippen LogP contribution in [-0.2, 0) is 36.2 Å². The van der Waals surface area contributed by atoms with E-state index in [4.69, 9.17) is 20.6 Å². The third-order valence-corrected chi connectivity index (χ3v) is 5.14. The van der Waals surface area contributed by atoms with Crippen LogP contribution in [0.3, 0.4) is 0 Å². The van der Waals surface area contributed by atoms with Gasteiger partial charge in [0.15, 0.2) is 5.69 Å². The number of nitrogen functional groups attached to an aromatic ring is 2. The Morgan fingerprint density at radius 1 is 1.03 bits per heavy atom. The number of rotatable bonds is 5. The topological polar surface area (TPSA) is 221 Å². The molecule has 16 heteroatoms. The summed E-state index contributed by atoms with van der Waals surface area (Å²) in [5, 5.41) is 4.24. The molecule has 7 N–H and O–H groups in total. The van der Waals surface area contributed by atoms with Crippen LogP contribution in [0, 0.1) is 13.8 Å². The molecule has 0 aliphatic carbocycles. The zero-order chi connectivity index (χ0) is 27.0. The molecule has 14 nitrogen and oxygen atoms in total. The van der Waals surface area contributed by atoms with Gasteiger partial charge in [0.1, 0.15) is 12.9 Å². The number of hydrogen-bond acceptors (Lipinski definition) is 11. The quantitative estimate of drug-likeness (QED) is 0.230. The number of aryl methyl sites for hydroxylation is 3. The van der Waals surface area contributed by atoms with Gasteiger partial charge in [-0.05, 0) is 26.0 Å². The number of hydrogen-bond donors (Lipinski definition) is 5. The maximum Gasteiger partial charge on any atom is 0.397 e. The molecule has 3 rings (SSSR count). The van der Waals surface area contributed by atoms with Crippen molar-refractivity contribution in [3.05, 3.63) is 41.7 Å². The fourth-order valence-corrected chi connectivity index (χ4v) is 2.98. The Morgan fingerprint density at radius 2 is 1.63 bits per heavy atom. The van der Waals surface area contributed by atoms with E-state index in [1.54, 1.807) is 0 Å². The number of aromatic nitrogens is 3. The lowest BCUT2D eigenvalue weighted by atomic mass is 10.1. The van der Waals surface area contributed by atoms with E-state index in [9.17, 15) is 16.8 Å². The molecule has 1 aromatic carbocycles. The van der Waals surface area contributed by atoms with E-state index >= 15 is 0 Å². The number of nitrogens with zero attached hydrogens (tertiary/aromatic N) is 3. The number of fused-ring (bicyclic) bond motifs is 1. The van der Waals surface area contributed by atoms with Gasteiger partial charge in [-0.25, -0.2) is 9.17 Å². The summed E-state index contributed by atoms with van der Waals surface area (Å²) in [6, 6.07) is 9.86. The predicted molar refractivity (Wildman–Crippen MR) is 130 cm³/mol. The lowest BCUT2D eigenvalue weighted by Gasteiger charge is -2.09. The van der Waals surface area contributed by atoms with Crippen LogP contribution >= 0.6 is 0 Å². The predicted octanol–water partition coefficient (Wildman–Crippen LogP) is 1.24. The Hall–Kier alpha value is -3.15. The molecule has 0 aliphatic heterocycles. The van der Waals surface area contributed by atoms with Gasteiger partial charge in [-0.1, -0.05) is 0 Å². The molecule has 2 aromatic heterocycles. The zero-order valence-electron chi connectivity index (χ0n) is 19.8. The molecule has 2 heterocycles. The van der Waals surface area contributed by atoms with Crippen molar-refractivity contribution >= 4 is 54.8 Å². The van der Waals surface area contributed by atoms with Gasteiger partial charge in [0.25, 0.3) is 0 Å². The van der Waals surface area contributed by atoms with Crippen molar-refractivity contribution in [2.45, 2.75) is 20.8 Å². The van der Waals surface area contributed by atoms with Crippen molar-refractivity contribution in [3.8, 4) is 0 Å². The van der Waals surface area contributed by atoms with Crippen molar-refractivity contribution < 1.29 is 38.9 Å². The minimum Gasteiger partial charge on any atom is -0.398 e. The van der Waals surface area contributed by atoms with Gasteiger partial charge < -0.3 is 16.8 Å². The van der Waals surface area contributed by atoms with Crippen LogP contribution < -0.4 is 21.4 Å². The summed E-state index contributed by atoms with van der Waals surface area (Å²) in [4.78, 5) is 8.25. The average molecular weight is 534 g/mol. The first-order valence-corrected chi connectivity index (χ1v) is 12.5. The second-order valence-corrected chi connectivity index (χ2v) is 9.12. The Morgan fingerprint density at radius 3 is 2.09 bits per heavy atom. The molecule has 0 radical (unpaired) electrons. The summed E-state index contributed by atoms with van der Waals surface area (Å²) in [5.41, 5.74) is 16.5. The van der Waals surface area contributed by atoms with Gasteiger partial charge in [-0.2, -0.15) is 26.4 Å². The van der Waals surface area contributed by atoms with E-state index in [-0.39, 0.29) is 12.6 Å². The van der Waals surface area contributed by atoms with Crippen LogP contribution in [0.4, 0.5) is 23.1 Å². The van der Waals surface area contributed by atoms with Crippen LogP contribution in [0.5, 0.6) is 0 Å². The molecule has 3 aromatic rings. The molecule has 0 atom stereocenters. The van der Waals surface area contributed by atoms with E-state index in [1.165, 1.54) is 6.92 Å². The van der Waals surface area contributed by atoms with Gasteiger partial charge in [-0.15, -0.1) is 0 Å². The van der Waals surface area contributed by atoms with Crippen molar-refractivity contribution in [3.63, 3.8) is 0 Å². The minimum atomic E-state index is -4.17. The third-order valence-electron chi connectivity index (χ3n) is 4.18. The molecule has 0 saturated heterocycles. The Labute approximate surface area is 203 Å². The largest absolute Gasteiger partial charge is 0.398 e. The fraction of sp³-hybridized carbons (Fsp3) is 0.316. The lowest BCUT2D eigenvalue weighted by molar-refractivity contribution is -0.651. The number of anilines is 4. The molecular weight excluding hydrogens is 504 g/mol. The highest BCUT2D eigenvalue weighted by atomic mass is 32.3. The molecule has 0 aliphatic rings. The normalized spacial score (nSPS) is 11.2.